The lowest BCUT2D eigenvalue weighted by atomic mass is 10.1. The summed E-state index contributed by atoms with van der Waals surface area (Å²) in [5, 5.41) is 9.53. The van der Waals surface area contributed by atoms with Crippen molar-refractivity contribution in [3.05, 3.63) is 15.6 Å². The van der Waals surface area contributed by atoms with Crippen molar-refractivity contribution in [2.75, 3.05) is 13.1 Å². The predicted octanol–water partition coefficient (Wildman–Crippen LogP) is 1.70. The van der Waals surface area contributed by atoms with E-state index in [2.05, 4.69) is 4.98 Å². The van der Waals surface area contributed by atoms with E-state index in [1.165, 1.54) is 6.42 Å². The zero-order valence-corrected chi connectivity index (χ0v) is 11.1. The van der Waals surface area contributed by atoms with E-state index < -0.39 is 5.97 Å². The third kappa shape index (κ3) is 2.87. The summed E-state index contributed by atoms with van der Waals surface area (Å²) in [6.07, 6.45) is 3.52. The van der Waals surface area contributed by atoms with E-state index in [-0.39, 0.29) is 17.2 Å². The maximum absolute atomic E-state index is 12.0. The van der Waals surface area contributed by atoms with Crippen LogP contribution in [0, 0.1) is 6.92 Å². The van der Waals surface area contributed by atoms with Crippen LogP contribution < -0.4 is 0 Å². The molecule has 0 saturated carbocycles. The average Bonchev–Trinajstić information content (AvgIpc) is 2.71. The van der Waals surface area contributed by atoms with Gasteiger partial charge in [0.2, 0.25) is 5.91 Å². The molecule has 1 aliphatic rings. The van der Waals surface area contributed by atoms with Crippen LogP contribution in [0.15, 0.2) is 0 Å². The Hall–Kier alpha value is -1.43. The number of aryl methyl sites for hydroxylation is 1. The number of aromatic nitrogens is 1. The molecule has 0 spiro atoms. The molecule has 0 aromatic carbocycles. The number of hydrogen-bond acceptors (Lipinski definition) is 4. The molecule has 0 atom stereocenters. The topological polar surface area (TPSA) is 70.5 Å². The third-order valence-electron chi connectivity index (χ3n) is 3.05. The maximum Gasteiger partial charge on any atom is 0.347 e. The highest BCUT2D eigenvalue weighted by molar-refractivity contribution is 7.13. The smallest absolute Gasteiger partial charge is 0.347 e. The number of rotatable bonds is 3. The minimum atomic E-state index is -0.971. The van der Waals surface area contributed by atoms with Gasteiger partial charge in [-0.3, -0.25) is 4.79 Å². The number of hydrogen-bond donors (Lipinski definition) is 1. The Morgan fingerprint density at radius 3 is 2.56 bits per heavy atom. The lowest BCUT2D eigenvalue weighted by Gasteiger charge is -2.26. The lowest BCUT2D eigenvalue weighted by molar-refractivity contribution is -0.131. The molecule has 1 aromatic heterocycles. The number of aromatic carboxylic acids is 1. The van der Waals surface area contributed by atoms with Gasteiger partial charge in [-0.1, -0.05) is 0 Å². The molecule has 1 N–H and O–H groups in total. The van der Waals surface area contributed by atoms with E-state index in [0.29, 0.717) is 10.7 Å². The molecule has 1 aliphatic heterocycles. The molecule has 6 heteroatoms. The van der Waals surface area contributed by atoms with Crippen molar-refractivity contribution < 1.29 is 14.7 Å². The second-order valence-corrected chi connectivity index (χ2v) is 5.53. The lowest BCUT2D eigenvalue weighted by Crippen LogP contribution is -2.36. The number of likely N-dealkylation sites (tertiary alicyclic amines) is 1. The van der Waals surface area contributed by atoms with Crippen molar-refractivity contribution in [1.29, 1.82) is 0 Å². The Bertz CT molecular complexity index is 464. The zero-order valence-electron chi connectivity index (χ0n) is 10.3. The van der Waals surface area contributed by atoms with Gasteiger partial charge in [-0.15, -0.1) is 11.3 Å². The molecule has 1 aromatic rings. The highest BCUT2D eigenvalue weighted by atomic mass is 32.1. The van der Waals surface area contributed by atoms with E-state index in [4.69, 9.17) is 5.11 Å². The molecule has 0 unspecified atom stereocenters. The van der Waals surface area contributed by atoms with Crippen molar-refractivity contribution in [2.45, 2.75) is 32.6 Å². The van der Waals surface area contributed by atoms with Crippen LogP contribution in [0.5, 0.6) is 0 Å². The Morgan fingerprint density at radius 1 is 1.33 bits per heavy atom. The van der Waals surface area contributed by atoms with Gasteiger partial charge in [-0.05, 0) is 26.2 Å². The number of carboxylic acids is 1. The fourth-order valence-corrected chi connectivity index (χ4v) is 3.01. The number of piperidine rings is 1. The first-order chi connectivity index (χ1) is 8.58. The first-order valence-electron chi connectivity index (χ1n) is 6.05. The van der Waals surface area contributed by atoms with Crippen molar-refractivity contribution in [3.63, 3.8) is 0 Å². The second kappa shape index (κ2) is 5.48. The fraction of sp³-hybridized carbons (Fsp3) is 0.583. The average molecular weight is 268 g/mol. The van der Waals surface area contributed by atoms with Crippen LogP contribution >= 0.6 is 11.3 Å². The molecule has 18 heavy (non-hydrogen) atoms. The Labute approximate surface area is 109 Å². The van der Waals surface area contributed by atoms with Gasteiger partial charge in [-0.2, -0.15) is 0 Å². The normalized spacial score (nSPS) is 15.7. The Morgan fingerprint density at radius 2 is 2.00 bits per heavy atom. The maximum atomic E-state index is 12.0. The molecule has 2 heterocycles. The van der Waals surface area contributed by atoms with Gasteiger partial charge in [0.15, 0.2) is 0 Å². The van der Waals surface area contributed by atoms with Crippen LogP contribution in [0.1, 0.15) is 39.6 Å². The minimum Gasteiger partial charge on any atom is -0.477 e. The van der Waals surface area contributed by atoms with Crippen molar-refractivity contribution in [2.24, 2.45) is 0 Å². The molecule has 98 valence electrons. The number of carbonyl (C=O) groups is 2. The van der Waals surface area contributed by atoms with E-state index in [0.717, 1.165) is 37.3 Å². The Kier molecular flexibility index (Phi) is 3.96. The quantitative estimate of drug-likeness (QED) is 0.906. The number of nitrogens with zero attached hydrogens (tertiary/aromatic N) is 2. The summed E-state index contributed by atoms with van der Waals surface area (Å²) in [6.45, 7) is 3.29. The van der Waals surface area contributed by atoms with Crippen molar-refractivity contribution >= 4 is 23.2 Å². The predicted molar refractivity (Wildman–Crippen MR) is 67.9 cm³/mol. The van der Waals surface area contributed by atoms with Gasteiger partial charge in [0.25, 0.3) is 0 Å². The molecule has 1 fully saturated rings. The van der Waals surface area contributed by atoms with Gasteiger partial charge in [0.1, 0.15) is 9.88 Å². The number of amides is 1. The van der Waals surface area contributed by atoms with Crippen LogP contribution in [0.3, 0.4) is 0 Å². The number of carbonyl (C=O) groups excluding carboxylic acids is 1. The summed E-state index contributed by atoms with van der Waals surface area (Å²) >= 11 is 1.10. The molecule has 0 radical (unpaired) electrons. The van der Waals surface area contributed by atoms with Gasteiger partial charge >= 0.3 is 5.97 Å². The standard InChI is InChI=1S/C12H16N2O3S/c1-8-11(12(16)17)18-9(13-8)7-10(15)14-5-3-2-4-6-14/h2-7H2,1H3,(H,16,17). The molecule has 2 rings (SSSR count). The monoisotopic (exact) mass is 268 g/mol. The summed E-state index contributed by atoms with van der Waals surface area (Å²) in [7, 11) is 0. The van der Waals surface area contributed by atoms with Crippen LogP contribution in [-0.4, -0.2) is 40.0 Å². The molecular formula is C12H16N2O3S. The molecule has 0 aliphatic carbocycles. The molecular weight excluding hydrogens is 252 g/mol. The number of thiazole rings is 1. The fourth-order valence-electron chi connectivity index (χ4n) is 2.11. The second-order valence-electron chi connectivity index (χ2n) is 4.45. The van der Waals surface area contributed by atoms with Crippen LogP contribution in [0.4, 0.5) is 0 Å². The highest BCUT2D eigenvalue weighted by Gasteiger charge is 2.20. The first kappa shape index (κ1) is 13.0. The highest BCUT2D eigenvalue weighted by Crippen LogP contribution is 2.19. The summed E-state index contributed by atoms with van der Waals surface area (Å²) < 4.78 is 0. The van der Waals surface area contributed by atoms with E-state index in [1.807, 2.05) is 4.90 Å². The summed E-state index contributed by atoms with van der Waals surface area (Å²) in [5.41, 5.74) is 0.494. The van der Waals surface area contributed by atoms with Crippen molar-refractivity contribution in [1.82, 2.24) is 9.88 Å². The van der Waals surface area contributed by atoms with Gasteiger partial charge < -0.3 is 10.0 Å². The van der Waals surface area contributed by atoms with Gasteiger partial charge in [0.05, 0.1) is 12.1 Å². The Balaban J connectivity index is 2.02. The zero-order chi connectivity index (χ0) is 13.1. The van der Waals surface area contributed by atoms with Gasteiger partial charge in [0, 0.05) is 13.1 Å². The SMILES string of the molecule is Cc1nc(CC(=O)N2CCCCC2)sc1C(=O)O. The third-order valence-corrected chi connectivity index (χ3v) is 4.19. The van der Waals surface area contributed by atoms with E-state index >= 15 is 0 Å². The van der Waals surface area contributed by atoms with E-state index in [9.17, 15) is 9.59 Å². The largest absolute Gasteiger partial charge is 0.477 e. The first-order valence-corrected chi connectivity index (χ1v) is 6.87. The van der Waals surface area contributed by atoms with E-state index in [1.54, 1.807) is 6.92 Å². The van der Waals surface area contributed by atoms with Crippen LogP contribution in [0.25, 0.3) is 0 Å². The molecule has 0 bridgehead atoms. The molecule has 1 amide bonds. The summed E-state index contributed by atoms with van der Waals surface area (Å²) in [6, 6.07) is 0. The van der Waals surface area contributed by atoms with Crippen molar-refractivity contribution in [3.8, 4) is 0 Å². The van der Waals surface area contributed by atoms with Crippen LogP contribution in [-0.2, 0) is 11.2 Å². The molecule has 1 saturated heterocycles. The minimum absolute atomic E-state index is 0.0559. The summed E-state index contributed by atoms with van der Waals surface area (Å²) in [5.74, 6) is -0.915. The molecule has 5 nitrogen and oxygen atoms in total. The van der Waals surface area contributed by atoms with Crippen LogP contribution in [0.2, 0.25) is 0 Å². The van der Waals surface area contributed by atoms with Gasteiger partial charge in [-0.25, -0.2) is 9.78 Å². The summed E-state index contributed by atoms with van der Waals surface area (Å²) in [4.78, 5) is 29.1. The number of carboxylic acid groups (broad SMARTS) is 1.